The maximum Gasteiger partial charge on any atom is 0.338 e. The van der Waals surface area contributed by atoms with Gasteiger partial charge in [0.15, 0.2) is 0 Å². The number of nitrogens with two attached hydrogens (primary N) is 1. The molecule has 116 valence electrons. The van der Waals surface area contributed by atoms with E-state index in [-0.39, 0.29) is 5.97 Å². The first-order valence-corrected chi connectivity index (χ1v) is 7.40. The molecule has 0 unspecified atom stereocenters. The molecule has 0 aromatic heterocycles. The standard InChI is InChI=1S/C18H22N2O2/c1-20(14-15-6-3-2-4-7-15)12-5-13-22-18(21)16-8-10-17(19)11-9-16/h2-4,6-11H,5,12-14,19H2,1H3. The molecular formula is C18H22N2O2. The van der Waals surface area contributed by atoms with Crippen molar-refractivity contribution in [1.82, 2.24) is 4.90 Å². The Labute approximate surface area is 131 Å². The van der Waals surface area contributed by atoms with Crippen LogP contribution in [0.3, 0.4) is 0 Å². The monoisotopic (exact) mass is 298 g/mol. The van der Waals surface area contributed by atoms with Gasteiger partial charge in [-0.2, -0.15) is 0 Å². The van der Waals surface area contributed by atoms with E-state index >= 15 is 0 Å². The molecule has 0 atom stereocenters. The van der Waals surface area contributed by atoms with Crippen molar-refractivity contribution in [1.29, 1.82) is 0 Å². The molecule has 22 heavy (non-hydrogen) atoms. The second-order valence-corrected chi connectivity index (χ2v) is 5.33. The Hall–Kier alpha value is -2.33. The largest absolute Gasteiger partial charge is 0.462 e. The first-order chi connectivity index (χ1) is 10.6. The molecule has 0 radical (unpaired) electrons. The summed E-state index contributed by atoms with van der Waals surface area (Å²) in [5.41, 5.74) is 8.04. The Morgan fingerprint density at radius 2 is 1.77 bits per heavy atom. The summed E-state index contributed by atoms with van der Waals surface area (Å²) in [6.07, 6.45) is 0.810. The van der Waals surface area contributed by atoms with Crippen molar-refractivity contribution in [3.05, 3.63) is 65.7 Å². The number of hydrogen-bond donors (Lipinski definition) is 1. The second kappa shape index (κ2) is 8.20. The molecule has 2 aromatic rings. The Bertz CT molecular complexity index is 582. The van der Waals surface area contributed by atoms with E-state index in [0.717, 1.165) is 19.5 Å². The van der Waals surface area contributed by atoms with Gasteiger partial charge in [-0.3, -0.25) is 0 Å². The smallest absolute Gasteiger partial charge is 0.338 e. The van der Waals surface area contributed by atoms with Gasteiger partial charge in [0.1, 0.15) is 0 Å². The highest BCUT2D eigenvalue weighted by atomic mass is 16.5. The van der Waals surface area contributed by atoms with Crippen LogP contribution in [0.5, 0.6) is 0 Å². The molecule has 0 aliphatic heterocycles. The molecule has 0 saturated heterocycles. The van der Waals surface area contributed by atoms with Crippen LogP contribution in [-0.2, 0) is 11.3 Å². The van der Waals surface area contributed by atoms with Gasteiger partial charge in [0.05, 0.1) is 12.2 Å². The quantitative estimate of drug-likeness (QED) is 0.485. The second-order valence-electron chi connectivity index (χ2n) is 5.33. The first kappa shape index (κ1) is 16.0. The fraction of sp³-hybridized carbons (Fsp3) is 0.278. The van der Waals surface area contributed by atoms with E-state index < -0.39 is 0 Å². The molecule has 4 heteroatoms. The Kier molecular flexibility index (Phi) is 5.98. The van der Waals surface area contributed by atoms with E-state index in [9.17, 15) is 4.79 Å². The molecule has 0 saturated carbocycles. The van der Waals surface area contributed by atoms with Crippen molar-refractivity contribution in [2.45, 2.75) is 13.0 Å². The summed E-state index contributed by atoms with van der Waals surface area (Å²) in [5.74, 6) is -0.300. The maximum absolute atomic E-state index is 11.8. The van der Waals surface area contributed by atoms with Gasteiger partial charge in [-0.05, 0) is 43.3 Å². The Morgan fingerprint density at radius 3 is 2.45 bits per heavy atom. The third-order valence-corrected chi connectivity index (χ3v) is 3.36. The van der Waals surface area contributed by atoms with E-state index in [2.05, 4.69) is 24.1 Å². The van der Waals surface area contributed by atoms with E-state index in [1.54, 1.807) is 24.3 Å². The van der Waals surface area contributed by atoms with E-state index in [1.165, 1.54) is 5.56 Å². The average molecular weight is 298 g/mol. The van der Waals surface area contributed by atoms with Crippen LogP contribution < -0.4 is 5.73 Å². The van der Waals surface area contributed by atoms with Crippen LogP contribution in [-0.4, -0.2) is 31.1 Å². The molecule has 4 nitrogen and oxygen atoms in total. The van der Waals surface area contributed by atoms with Crippen molar-refractivity contribution in [3.63, 3.8) is 0 Å². The number of carbonyl (C=O) groups is 1. The summed E-state index contributed by atoms with van der Waals surface area (Å²) in [4.78, 5) is 14.0. The van der Waals surface area contributed by atoms with Crippen molar-refractivity contribution in [3.8, 4) is 0 Å². The number of rotatable bonds is 7. The fourth-order valence-corrected chi connectivity index (χ4v) is 2.18. The number of carbonyl (C=O) groups excluding carboxylic acids is 1. The number of hydrogen-bond acceptors (Lipinski definition) is 4. The summed E-state index contributed by atoms with van der Waals surface area (Å²) in [6.45, 7) is 2.19. The third-order valence-electron chi connectivity index (χ3n) is 3.36. The van der Waals surface area contributed by atoms with E-state index in [4.69, 9.17) is 10.5 Å². The summed E-state index contributed by atoms with van der Waals surface area (Å²) in [6, 6.07) is 17.1. The summed E-state index contributed by atoms with van der Waals surface area (Å²) < 4.78 is 5.26. The van der Waals surface area contributed by atoms with Crippen molar-refractivity contribution in [2.75, 3.05) is 25.9 Å². The van der Waals surface area contributed by atoms with Gasteiger partial charge in [-0.25, -0.2) is 4.79 Å². The lowest BCUT2D eigenvalue weighted by molar-refractivity contribution is 0.0490. The van der Waals surface area contributed by atoms with Crippen LogP contribution in [0.2, 0.25) is 0 Å². The van der Waals surface area contributed by atoms with Crippen molar-refractivity contribution < 1.29 is 9.53 Å². The number of benzene rings is 2. The molecule has 2 aromatic carbocycles. The zero-order valence-corrected chi connectivity index (χ0v) is 12.9. The van der Waals surface area contributed by atoms with E-state index in [1.807, 2.05) is 18.2 Å². The van der Waals surface area contributed by atoms with Gasteiger partial charge in [0.2, 0.25) is 0 Å². The lowest BCUT2D eigenvalue weighted by atomic mass is 10.2. The topological polar surface area (TPSA) is 55.6 Å². The molecular weight excluding hydrogens is 276 g/mol. The molecule has 0 bridgehead atoms. The summed E-state index contributed by atoms with van der Waals surface area (Å²) >= 11 is 0. The Morgan fingerprint density at radius 1 is 1.09 bits per heavy atom. The third kappa shape index (κ3) is 5.22. The summed E-state index contributed by atoms with van der Waals surface area (Å²) in [5, 5.41) is 0. The number of esters is 1. The SMILES string of the molecule is CN(CCCOC(=O)c1ccc(N)cc1)Cc1ccccc1. The zero-order chi connectivity index (χ0) is 15.8. The normalized spacial score (nSPS) is 10.6. The lowest BCUT2D eigenvalue weighted by Gasteiger charge is -2.16. The van der Waals surface area contributed by atoms with Gasteiger partial charge < -0.3 is 15.4 Å². The highest BCUT2D eigenvalue weighted by Gasteiger charge is 2.06. The minimum absolute atomic E-state index is 0.300. The van der Waals surface area contributed by atoms with Crippen LogP contribution in [0.15, 0.2) is 54.6 Å². The molecule has 0 aliphatic rings. The van der Waals surface area contributed by atoms with Crippen LogP contribution >= 0.6 is 0 Å². The molecule has 0 heterocycles. The van der Waals surface area contributed by atoms with Crippen molar-refractivity contribution in [2.24, 2.45) is 0 Å². The van der Waals surface area contributed by atoms with Gasteiger partial charge in [-0.1, -0.05) is 30.3 Å². The highest BCUT2D eigenvalue weighted by Crippen LogP contribution is 2.07. The number of ether oxygens (including phenoxy) is 1. The molecule has 2 rings (SSSR count). The number of nitrogens with zero attached hydrogens (tertiary/aromatic N) is 1. The maximum atomic E-state index is 11.8. The first-order valence-electron chi connectivity index (χ1n) is 7.40. The molecule has 0 fully saturated rings. The van der Waals surface area contributed by atoms with Crippen LogP contribution in [0.1, 0.15) is 22.3 Å². The van der Waals surface area contributed by atoms with Gasteiger partial charge in [0.25, 0.3) is 0 Å². The fourth-order valence-electron chi connectivity index (χ4n) is 2.18. The zero-order valence-electron chi connectivity index (χ0n) is 12.9. The molecule has 0 spiro atoms. The average Bonchev–Trinajstić information content (AvgIpc) is 2.53. The van der Waals surface area contributed by atoms with Crippen LogP contribution in [0.4, 0.5) is 5.69 Å². The number of nitrogen functional groups attached to an aromatic ring is 1. The molecule has 2 N–H and O–H groups in total. The minimum Gasteiger partial charge on any atom is -0.462 e. The predicted octanol–water partition coefficient (Wildman–Crippen LogP) is 2.95. The molecule has 0 aliphatic carbocycles. The molecule has 0 amide bonds. The van der Waals surface area contributed by atoms with Gasteiger partial charge >= 0.3 is 5.97 Å². The summed E-state index contributed by atoms with van der Waals surface area (Å²) in [7, 11) is 2.06. The van der Waals surface area contributed by atoms with Crippen LogP contribution in [0.25, 0.3) is 0 Å². The van der Waals surface area contributed by atoms with Gasteiger partial charge in [0, 0.05) is 18.8 Å². The minimum atomic E-state index is -0.300. The van der Waals surface area contributed by atoms with Crippen LogP contribution in [0, 0.1) is 0 Å². The van der Waals surface area contributed by atoms with E-state index in [0.29, 0.717) is 17.9 Å². The predicted molar refractivity (Wildman–Crippen MR) is 88.5 cm³/mol. The number of anilines is 1. The lowest BCUT2D eigenvalue weighted by Crippen LogP contribution is -2.20. The Balaban J connectivity index is 1.66. The highest BCUT2D eigenvalue weighted by molar-refractivity contribution is 5.89. The van der Waals surface area contributed by atoms with Crippen molar-refractivity contribution >= 4 is 11.7 Å². The van der Waals surface area contributed by atoms with Gasteiger partial charge in [-0.15, -0.1) is 0 Å².